The summed E-state index contributed by atoms with van der Waals surface area (Å²) in [4.78, 5) is 12.6. The molecular formula is C18H10F6O3. The van der Waals surface area contributed by atoms with Crippen LogP contribution < -0.4 is 0 Å². The molecule has 1 saturated heterocycles. The fraction of sp³-hybridized carbons (Fsp3) is 0.278. The third kappa shape index (κ3) is 2.56. The number of benzene rings is 2. The topological polar surface area (TPSA) is 49.8 Å². The molecule has 1 heterocycles. The van der Waals surface area contributed by atoms with Crippen LogP contribution in [0.2, 0.25) is 0 Å². The number of ether oxygens (including phenoxy) is 1. The van der Waals surface area contributed by atoms with E-state index in [1.807, 2.05) is 0 Å². The molecular weight excluding hydrogens is 378 g/mol. The molecule has 3 unspecified atom stereocenters. The van der Waals surface area contributed by atoms with Gasteiger partial charge in [-0.3, -0.25) is 4.79 Å². The molecule has 9 heteroatoms. The number of Topliss-reactive ketones (excluding diaryl/α,β-unsaturated/α-hetero) is 1. The van der Waals surface area contributed by atoms with Gasteiger partial charge in [0.15, 0.2) is 5.60 Å². The van der Waals surface area contributed by atoms with Crippen LogP contribution >= 0.6 is 0 Å². The molecule has 2 aromatic carbocycles. The minimum atomic E-state index is -5.01. The van der Waals surface area contributed by atoms with Gasteiger partial charge in [-0.2, -0.15) is 26.3 Å². The van der Waals surface area contributed by atoms with E-state index in [1.165, 1.54) is 18.2 Å². The van der Waals surface area contributed by atoms with E-state index in [0.29, 0.717) is 12.1 Å². The van der Waals surface area contributed by atoms with Crippen molar-refractivity contribution in [2.24, 2.45) is 0 Å². The number of ketones is 1. The third-order valence-electron chi connectivity index (χ3n) is 4.82. The first-order chi connectivity index (χ1) is 12.5. The average molecular weight is 388 g/mol. The SMILES string of the molecule is O=C1c2ccccc2C(O)C12OC2c1cc(C(F)(F)F)cc(C(F)(F)F)c1. The van der Waals surface area contributed by atoms with Crippen molar-refractivity contribution in [3.05, 3.63) is 70.3 Å². The van der Waals surface area contributed by atoms with E-state index in [-0.39, 0.29) is 17.2 Å². The maximum absolute atomic E-state index is 13.0. The molecule has 2 aromatic rings. The number of aliphatic hydroxyl groups excluding tert-OH is 1. The molecule has 0 amide bonds. The zero-order valence-electron chi connectivity index (χ0n) is 13.2. The Morgan fingerprint density at radius 1 is 0.926 bits per heavy atom. The Balaban J connectivity index is 1.80. The number of halogens is 6. The monoisotopic (exact) mass is 388 g/mol. The van der Waals surface area contributed by atoms with E-state index in [1.54, 1.807) is 6.07 Å². The van der Waals surface area contributed by atoms with Gasteiger partial charge in [0.05, 0.1) is 11.1 Å². The Bertz CT molecular complexity index is 917. The highest BCUT2D eigenvalue weighted by molar-refractivity contribution is 6.10. The summed E-state index contributed by atoms with van der Waals surface area (Å²) >= 11 is 0. The molecule has 142 valence electrons. The summed E-state index contributed by atoms with van der Waals surface area (Å²) in [5, 5.41) is 10.4. The smallest absolute Gasteiger partial charge is 0.385 e. The average Bonchev–Trinajstić information content (AvgIpc) is 3.31. The van der Waals surface area contributed by atoms with E-state index < -0.39 is 52.6 Å². The number of hydrogen-bond donors (Lipinski definition) is 1. The molecule has 1 N–H and O–H groups in total. The van der Waals surface area contributed by atoms with E-state index in [0.717, 1.165) is 0 Å². The van der Waals surface area contributed by atoms with Crippen molar-refractivity contribution in [3.63, 3.8) is 0 Å². The van der Waals surface area contributed by atoms with Crippen LogP contribution in [-0.2, 0) is 17.1 Å². The van der Waals surface area contributed by atoms with E-state index in [4.69, 9.17) is 4.74 Å². The van der Waals surface area contributed by atoms with Crippen LogP contribution in [0.3, 0.4) is 0 Å². The van der Waals surface area contributed by atoms with Gasteiger partial charge >= 0.3 is 12.4 Å². The van der Waals surface area contributed by atoms with Crippen LogP contribution in [0.4, 0.5) is 26.3 Å². The second-order valence-electron chi connectivity index (χ2n) is 6.45. The highest BCUT2D eigenvalue weighted by Crippen LogP contribution is 2.62. The number of alkyl halides is 6. The fourth-order valence-corrected chi connectivity index (χ4v) is 3.50. The van der Waals surface area contributed by atoms with Crippen LogP contribution in [0, 0.1) is 0 Å². The number of rotatable bonds is 1. The molecule has 27 heavy (non-hydrogen) atoms. The maximum Gasteiger partial charge on any atom is 0.416 e. The summed E-state index contributed by atoms with van der Waals surface area (Å²) in [7, 11) is 0. The second-order valence-corrected chi connectivity index (χ2v) is 6.45. The van der Waals surface area contributed by atoms with Crippen LogP contribution in [0.25, 0.3) is 0 Å². The highest BCUT2D eigenvalue weighted by atomic mass is 19.4. The summed E-state index contributed by atoms with van der Waals surface area (Å²) in [5.41, 5.74) is -5.00. The second kappa shape index (κ2) is 5.32. The van der Waals surface area contributed by atoms with Crippen LogP contribution in [0.5, 0.6) is 0 Å². The summed E-state index contributed by atoms with van der Waals surface area (Å²) in [6, 6.07) is 6.99. The van der Waals surface area contributed by atoms with Gasteiger partial charge in [-0.1, -0.05) is 24.3 Å². The number of fused-ring (bicyclic) bond motifs is 1. The van der Waals surface area contributed by atoms with Crippen LogP contribution in [-0.4, -0.2) is 16.5 Å². The molecule has 1 fully saturated rings. The molecule has 1 aliphatic carbocycles. The van der Waals surface area contributed by atoms with Crippen molar-refractivity contribution < 1.29 is 41.0 Å². The summed E-state index contributed by atoms with van der Waals surface area (Å²) < 4.78 is 83.5. The van der Waals surface area contributed by atoms with Crippen molar-refractivity contribution in [2.45, 2.75) is 30.2 Å². The molecule has 0 saturated carbocycles. The van der Waals surface area contributed by atoms with Crippen molar-refractivity contribution in [1.82, 2.24) is 0 Å². The van der Waals surface area contributed by atoms with Gasteiger partial charge in [-0.05, 0) is 29.3 Å². The standard InChI is InChI=1S/C18H10F6O3/c19-17(20,21)9-5-8(6-10(7-9)18(22,23)24)15-16(27-15)13(25)11-3-1-2-4-12(11)14(16)26/h1-7,13,15,25H. The Hall–Kier alpha value is -2.39. The Morgan fingerprint density at radius 3 is 2.00 bits per heavy atom. The molecule has 4 rings (SSSR count). The van der Waals surface area contributed by atoms with Crippen molar-refractivity contribution in [1.29, 1.82) is 0 Å². The predicted octanol–water partition coefficient (Wildman–Crippen LogP) is 4.46. The molecule has 2 aliphatic rings. The lowest BCUT2D eigenvalue weighted by Gasteiger charge is -2.14. The Morgan fingerprint density at radius 2 is 1.48 bits per heavy atom. The molecule has 0 bridgehead atoms. The molecule has 0 aromatic heterocycles. The Kier molecular flexibility index (Phi) is 3.55. The molecule has 3 atom stereocenters. The van der Waals surface area contributed by atoms with E-state index in [9.17, 15) is 36.2 Å². The van der Waals surface area contributed by atoms with Gasteiger partial charge in [0.25, 0.3) is 0 Å². The lowest BCUT2D eigenvalue weighted by molar-refractivity contribution is -0.143. The van der Waals surface area contributed by atoms with Crippen LogP contribution in [0.15, 0.2) is 42.5 Å². The van der Waals surface area contributed by atoms with Gasteiger partial charge in [0.2, 0.25) is 5.78 Å². The summed E-state index contributed by atoms with van der Waals surface area (Å²) in [6.45, 7) is 0. The van der Waals surface area contributed by atoms with Crippen molar-refractivity contribution in [3.8, 4) is 0 Å². The third-order valence-corrected chi connectivity index (χ3v) is 4.82. The largest absolute Gasteiger partial charge is 0.416 e. The van der Waals surface area contributed by atoms with Crippen LogP contribution in [0.1, 0.15) is 44.8 Å². The van der Waals surface area contributed by atoms with Gasteiger partial charge in [-0.25, -0.2) is 0 Å². The van der Waals surface area contributed by atoms with Crippen molar-refractivity contribution >= 4 is 5.78 Å². The lowest BCUT2D eigenvalue weighted by atomic mass is 9.91. The van der Waals surface area contributed by atoms with Gasteiger partial charge in [-0.15, -0.1) is 0 Å². The zero-order chi connectivity index (χ0) is 19.8. The quantitative estimate of drug-likeness (QED) is 0.580. The van der Waals surface area contributed by atoms with Gasteiger partial charge < -0.3 is 9.84 Å². The summed E-state index contributed by atoms with van der Waals surface area (Å²) in [6.07, 6.45) is -12.9. The number of carbonyl (C=O) groups excluding carboxylic acids is 1. The first-order valence-electron chi connectivity index (χ1n) is 7.75. The number of carbonyl (C=O) groups is 1. The first kappa shape index (κ1) is 18.0. The molecule has 1 aliphatic heterocycles. The lowest BCUT2D eigenvalue weighted by Crippen LogP contribution is -2.25. The normalized spacial score (nSPS) is 27.1. The Labute approximate surface area is 148 Å². The number of aliphatic hydroxyl groups is 1. The highest BCUT2D eigenvalue weighted by Gasteiger charge is 2.71. The fourth-order valence-electron chi connectivity index (χ4n) is 3.50. The van der Waals surface area contributed by atoms with E-state index in [2.05, 4.69) is 0 Å². The first-order valence-corrected chi connectivity index (χ1v) is 7.75. The predicted molar refractivity (Wildman–Crippen MR) is 78.7 cm³/mol. The van der Waals surface area contributed by atoms with Gasteiger partial charge in [0.1, 0.15) is 12.2 Å². The van der Waals surface area contributed by atoms with Crippen molar-refractivity contribution in [2.75, 3.05) is 0 Å². The summed E-state index contributed by atoms with van der Waals surface area (Å²) in [5.74, 6) is -0.665. The molecule has 3 nitrogen and oxygen atoms in total. The minimum Gasteiger partial charge on any atom is -0.385 e. The molecule has 0 radical (unpaired) electrons. The minimum absolute atomic E-state index is 0.000200. The van der Waals surface area contributed by atoms with E-state index >= 15 is 0 Å². The zero-order valence-corrected chi connectivity index (χ0v) is 13.2. The molecule has 1 spiro atoms. The van der Waals surface area contributed by atoms with Gasteiger partial charge in [0, 0.05) is 5.56 Å². The number of hydrogen-bond acceptors (Lipinski definition) is 3. The number of epoxide rings is 1. The maximum atomic E-state index is 13.0.